The summed E-state index contributed by atoms with van der Waals surface area (Å²) in [6.45, 7) is 5.50. The number of nitrogens with two attached hydrogens (primary N) is 1. The average Bonchev–Trinajstić information content (AvgIpc) is 3.02. The fourth-order valence-corrected chi connectivity index (χ4v) is 4.10. The van der Waals surface area contributed by atoms with Crippen molar-refractivity contribution in [2.75, 3.05) is 12.0 Å². The van der Waals surface area contributed by atoms with E-state index in [2.05, 4.69) is 10.3 Å². The molecule has 166 valence electrons. The summed E-state index contributed by atoms with van der Waals surface area (Å²) in [5.41, 5.74) is 8.70. The molecule has 2 aromatic carbocycles. The topological polar surface area (TPSA) is 114 Å². The fraction of sp³-hybridized carbons (Fsp3) is 0.217. The molecule has 8 nitrogen and oxygen atoms in total. The number of thioether (sulfide) groups is 1. The molecule has 3 N–H and O–H groups in total. The van der Waals surface area contributed by atoms with Crippen molar-refractivity contribution in [1.29, 1.82) is 0 Å². The Morgan fingerprint density at radius 1 is 1.16 bits per heavy atom. The number of ether oxygens (including phenoxy) is 1. The number of nitrogens with zero attached hydrogens (tertiary/aromatic N) is 2. The van der Waals surface area contributed by atoms with Crippen molar-refractivity contribution in [3.8, 4) is 5.75 Å². The lowest BCUT2D eigenvalue weighted by atomic mass is 10.1. The molecule has 0 aliphatic carbocycles. The zero-order chi connectivity index (χ0) is 23.4. The van der Waals surface area contributed by atoms with Gasteiger partial charge in [-0.2, -0.15) is 0 Å². The molecule has 1 heterocycles. The molecule has 0 saturated carbocycles. The molecule has 1 aliphatic heterocycles. The number of carbonyl (C=O) groups excluding carboxylic acids is 3. The lowest BCUT2D eigenvalue weighted by molar-refractivity contribution is -0.119. The number of amidine groups is 1. The maximum Gasteiger partial charge on any atom is 0.318 e. The summed E-state index contributed by atoms with van der Waals surface area (Å²) in [5.74, 6) is -0.169. The van der Waals surface area contributed by atoms with Crippen molar-refractivity contribution in [1.82, 2.24) is 5.32 Å². The number of primary amides is 1. The third-order valence-corrected chi connectivity index (χ3v) is 5.66. The largest absolute Gasteiger partial charge is 0.497 e. The smallest absolute Gasteiger partial charge is 0.318 e. The zero-order valence-electron chi connectivity index (χ0n) is 18.2. The van der Waals surface area contributed by atoms with Gasteiger partial charge in [-0.05, 0) is 67.8 Å². The van der Waals surface area contributed by atoms with Gasteiger partial charge in [0.25, 0.3) is 5.91 Å². The number of rotatable bonds is 5. The van der Waals surface area contributed by atoms with Gasteiger partial charge in [0, 0.05) is 0 Å². The highest BCUT2D eigenvalue weighted by Gasteiger charge is 2.34. The monoisotopic (exact) mass is 452 g/mol. The summed E-state index contributed by atoms with van der Waals surface area (Å²) in [5, 5.41) is 1.69. The Kier molecular flexibility index (Phi) is 6.99. The van der Waals surface area contributed by atoms with Crippen LogP contribution in [-0.2, 0) is 9.59 Å². The summed E-state index contributed by atoms with van der Waals surface area (Å²) < 4.78 is 5.17. The third kappa shape index (κ3) is 5.36. The highest BCUT2D eigenvalue weighted by molar-refractivity contribution is 8.15. The molecule has 3 rings (SSSR count). The number of aryl methyl sites for hydroxylation is 2. The molecule has 0 fully saturated rings. The number of hydrogen-bond acceptors (Lipinski definition) is 6. The van der Waals surface area contributed by atoms with E-state index in [-0.39, 0.29) is 11.6 Å². The Morgan fingerprint density at radius 2 is 1.78 bits per heavy atom. The van der Waals surface area contributed by atoms with E-state index in [0.717, 1.165) is 28.5 Å². The van der Waals surface area contributed by atoms with E-state index in [0.29, 0.717) is 16.6 Å². The maximum atomic E-state index is 13.3. The van der Waals surface area contributed by atoms with Gasteiger partial charge in [0.05, 0.1) is 18.0 Å². The van der Waals surface area contributed by atoms with Gasteiger partial charge in [0.1, 0.15) is 11.4 Å². The second kappa shape index (κ2) is 9.69. The fourth-order valence-electron chi connectivity index (χ4n) is 3.18. The maximum absolute atomic E-state index is 13.3. The van der Waals surface area contributed by atoms with E-state index >= 15 is 0 Å². The number of benzene rings is 2. The minimum atomic E-state index is -0.932. The van der Waals surface area contributed by atoms with Gasteiger partial charge in [-0.1, -0.05) is 30.0 Å². The van der Waals surface area contributed by atoms with E-state index in [1.165, 1.54) is 4.90 Å². The van der Waals surface area contributed by atoms with Crippen molar-refractivity contribution < 1.29 is 19.1 Å². The van der Waals surface area contributed by atoms with Gasteiger partial charge in [-0.25, -0.2) is 9.79 Å². The first kappa shape index (κ1) is 23.1. The van der Waals surface area contributed by atoms with Crippen LogP contribution in [0.2, 0.25) is 0 Å². The summed E-state index contributed by atoms with van der Waals surface area (Å²) >= 11 is 1.07. The minimum absolute atomic E-state index is 0.235. The molecular weight excluding hydrogens is 428 g/mol. The quantitative estimate of drug-likeness (QED) is 0.675. The van der Waals surface area contributed by atoms with Crippen LogP contribution < -0.4 is 20.7 Å². The highest BCUT2D eigenvalue weighted by atomic mass is 32.2. The number of carbonyl (C=O) groups is 3. The molecule has 4 amide bonds. The van der Waals surface area contributed by atoms with E-state index in [1.54, 1.807) is 32.2 Å². The average molecular weight is 453 g/mol. The number of anilines is 1. The van der Waals surface area contributed by atoms with Crippen molar-refractivity contribution in [2.24, 2.45) is 10.7 Å². The number of methoxy groups -OCH3 is 1. The Labute approximate surface area is 190 Å². The van der Waals surface area contributed by atoms with Gasteiger partial charge >= 0.3 is 6.03 Å². The van der Waals surface area contributed by atoms with E-state index < -0.39 is 17.2 Å². The number of aliphatic imine (C=N–C) groups is 1. The molecular formula is C23H24N4O4S. The Morgan fingerprint density at radius 3 is 2.34 bits per heavy atom. The molecule has 0 bridgehead atoms. The van der Waals surface area contributed by atoms with Crippen LogP contribution in [0.4, 0.5) is 10.5 Å². The van der Waals surface area contributed by atoms with Crippen molar-refractivity contribution in [2.45, 2.75) is 26.0 Å². The molecule has 0 aromatic heterocycles. The van der Waals surface area contributed by atoms with Gasteiger partial charge in [0.15, 0.2) is 5.17 Å². The lowest BCUT2D eigenvalue weighted by Crippen LogP contribution is -2.41. The number of hydrogen-bond donors (Lipinski definition) is 2. The number of nitrogens with one attached hydrogen (secondary N) is 1. The first-order valence-corrected chi connectivity index (χ1v) is 10.7. The molecule has 0 radical (unpaired) electrons. The van der Waals surface area contributed by atoms with E-state index in [9.17, 15) is 14.4 Å². The summed E-state index contributed by atoms with van der Waals surface area (Å²) in [4.78, 5) is 42.5. The van der Waals surface area contributed by atoms with E-state index in [4.69, 9.17) is 10.5 Å². The van der Waals surface area contributed by atoms with Gasteiger partial charge in [0.2, 0.25) is 5.91 Å². The number of urea groups is 1. The van der Waals surface area contributed by atoms with Crippen LogP contribution in [0.25, 0.3) is 6.08 Å². The van der Waals surface area contributed by atoms with Crippen LogP contribution in [0.5, 0.6) is 5.75 Å². The molecule has 1 atom stereocenters. The predicted octanol–water partition coefficient (Wildman–Crippen LogP) is 3.37. The van der Waals surface area contributed by atoms with Crippen LogP contribution in [0.15, 0.2) is 53.2 Å². The third-order valence-electron chi connectivity index (χ3n) is 4.61. The molecule has 32 heavy (non-hydrogen) atoms. The Hall–Kier alpha value is -3.59. The summed E-state index contributed by atoms with van der Waals surface area (Å²) in [7, 11) is 1.58. The molecule has 2 aromatic rings. The SMILES string of the molecule is COc1ccc(C=C2N=C(SC(C)C(=O)NC(N)=O)N(c3cc(C)cc(C)c3)C2=O)cc1. The van der Waals surface area contributed by atoms with Crippen LogP contribution >= 0.6 is 11.8 Å². The van der Waals surface area contributed by atoms with Crippen LogP contribution in [0.3, 0.4) is 0 Å². The first-order valence-electron chi connectivity index (χ1n) is 9.82. The van der Waals surface area contributed by atoms with Gasteiger partial charge < -0.3 is 10.5 Å². The summed E-state index contributed by atoms with van der Waals surface area (Å²) in [6, 6.07) is 12.1. The van der Waals surface area contributed by atoms with Crippen molar-refractivity contribution in [3.63, 3.8) is 0 Å². The first-order chi connectivity index (χ1) is 15.2. The second-order valence-corrected chi connectivity index (χ2v) is 8.61. The van der Waals surface area contributed by atoms with E-state index in [1.807, 2.05) is 44.2 Å². The summed E-state index contributed by atoms with van der Waals surface area (Å²) in [6.07, 6.45) is 1.68. The number of imide groups is 1. The standard InChI is InChI=1S/C23H24N4O4S/c1-13-9-14(2)11-17(10-13)27-21(29)19(12-16-5-7-18(31-4)8-6-16)25-23(27)32-15(3)20(28)26-22(24)30/h5-12,15H,1-4H3,(H3,24,26,28,30). The molecule has 1 aliphatic rings. The second-order valence-electron chi connectivity index (χ2n) is 7.30. The lowest BCUT2D eigenvalue weighted by Gasteiger charge is -2.20. The van der Waals surface area contributed by atoms with Crippen molar-refractivity contribution in [3.05, 3.63) is 64.9 Å². The molecule has 1 unspecified atom stereocenters. The van der Waals surface area contributed by atoms with Crippen molar-refractivity contribution >= 4 is 46.5 Å². The molecule has 9 heteroatoms. The molecule has 0 saturated heterocycles. The zero-order valence-corrected chi connectivity index (χ0v) is 19.0. The van der Waals surface area contributed by atoms with Gasteiger partial charge in [-0.15, -0.1) is 0 Å². The highest BCUT2D eigenvalue weighted by Crippen LogP contribution is 2.32. The minimum Gasteiger partial charge on any atom is -0.497 e. The van der Waals surface area contributed by atoms with Crippen LogP contribution in [-0.4, -0.2) is 35.4 Å². The normalized spacial score (nSPS) is 15.5. The Bertz CT molecular complexity index is 1110. The van der Waals surface area contributed by atoms with Gasteiger partial charge in [-0.3, -0.25) is 19.8 Å². The predicted molar refractivity (Wildman–Crippen MR) is 127 cm³/mol. The van der Waals surface area contributed by atoms with Crippen LogP contribution in [0.1, 0.15) is 23.6 Å². The molecule has 0 spiro atoms. The number of amides is 4. The van der Waals surface area contributed by atoms with Crippen LogP contribution in [0, 0.1) is 13.8 Å². The Balaban J connectivity index is 1.99.